The van der Waals surface area contributed by atoms with Crippen molar-refractivity contribution in [2.75, 3.05) is 0 Å². The zero-order valence-corrected chi connectivity index (χ0v) is 27.7. The molecule has 0 atom stereocenters. The van der Waals surface area contributed by atoms with Gasteiger partial charge in [0.05, 0.1) is 5.39 Å². The van der Waals surface area contributed by atoms with Crippen LogP contribution in [0.25, 0.3) is 110 Å². The smallest absolute Gasteiger partial charge is 0.227 e. The second-order valence-corrected chi connectivity index (χ2v) is 13.7. The molecule has 0 aliphatic carbocycles. The van der Waals surface area contributed by atoms with Gasteiger partial charge in [-0.25, -0.2) is 19.9 Å². The molecule has 6 nitrogen and oxygen atoms in total. The zero-order valence-electron chi connectivity index (χ0n) is 26.9. The van der Waals surface area contributed by atoms with E-state index in [9.17, 15) is 0 Å². The maximum atomic E-state index is 6.43. The summed E-state index contributed by atoms with van der Waals surface area (Å²) < 4.78 is 15.0. The Balaban J connectivity index is 1.08. The van der Waals surface area contributed by atoms with Gasteiger partial charge in [-0.2, -0.15) is 0 Å². The number of hydrogen-bond acceptors (Lipinski definition) is 7. The van der Waals surface area contributed by atoms with Gasteiger partial charge in [-0.3, -0.25) is 0 Å². The zero-order chi connectivity index (χ0) is 33.5. The number of aromatic nitrogens is 4. The molecular formula is C44H24N4O2S. The third kappa shape index (κ3) is 4.49. The summed E-state index contributed by atoms with van der Waals surface area (Å²) in [4.78, 5) is 20.1. The molecule has 0 unspecified atom stereocenters. The van der Waals surface area contributed by atoms with Crippen LogP contribution >= 0.6 is 11.3 Å². The molecule has 11 aromatic rings. The van der Waals surface area contributed by atoms with Crippen molar-refractivity contribution in [3.63, 3.8) is 0 Å². The minimum absolute atomic E-state index is 0.591. The Morgan fingerprint density at radius 1 is 0.431 bits per heavy atom. The van der Waals surface area contributed by atoms with Crippen LogP contribution in [0.5, 0.6) is 0 Å². The van der Waals surface area contributed by atoms with Gasteiger partial charge in [-0.15, -0.1) is 11.3 Å². The third-order valence-corrected chi connectivity index (χ3v) is 10.8. The van der Waals surface area contributed by atoms with Crippen LogP contribution in [0.4, 0.5) is 0 Å². The third-order valence-electron chi connectivity index (χ3n) is 9.54. The van der Waals surface area contributed by atoms with Gasteiger partial charge in [0.15, 0.2) is 23.1 Å². The maximum Gasteiger partial charge on any atom is 0.227 e. The van der Waals surface area contributed by atoms with Crippen molar-refractivity contribution in [2.24, 2.45) is 0 Å². The van der Waals surface area contributed by atoms with Gasteiger partial charge in [0, 0.05) is 47.8 Å². The van der Waals surface area contributed by atoms with E-state index in [4.69, 9.17) is 28.8 Å². The van der Waals surface area contributed by atoms with E-state index in [0.717, 1.165) is 70.8 Å². The van der Waals surface area contributed by atoms with E-state index in [1.807, 2.05) is 72.8 Å². The molecule has 0 spiro atoms. The Hall–Kier alpha value is -6.70. The molecule has 7 aromatic carbocycles. The van der Waals surface area contributed by atoms with Crippen molar-refractivity contribution < 1.29 is 8.83 Å². The highest BCUT2D eigenvalue weighted by molar-refractivity contribution is 7.26. The standard InChI is InChI=1S/C44H24N4O2S/c1-3-10-25(11-4-1)41-46-42(48-43(47-41)32-16-9-15-31-30-14-7-8-17-37(30)51-40(31)32)28-19-18-27-23-33-36(24-29(27)22-28)49-34-20-21-35-39(38(33)34)45-44(50-35)26-12-5-2-6-13-26/h1-24H. The Labute approximate surface area is 294 Å². The van der Waals surface area contributed by atoms with E-state index < -0.39 is 0 Å². The van der Waals surface area contributed by atoms with E-state index >= 15 is 0 Å². The van der Waals surface area contributed by atoms with Crippen molar-refractivity contribution in [2.45, 2.75) is 0 Å². The predicted molar refractivity (Wildman–Crippen MR) is 207 cm³/mol. The fraction of sp³-hybridized carbons (Fsp3) is 0. The number of oxazole rings is 1. The number of fused-ring (bicyclic) bond motifs is 9. The minimum atomic E-state index is 0.591. The molecule has 0 aliphatic rings. The van der Waals surface area contributed by atoms with Crippen LogP contribution in [-0.2, 0) is 0 Å². The Kier molecular flexibility index (Phi) is 6.02. The molecule has 0 aliphatic heterocycles. The van der Waals surface area contributed by atoms with Crippen molar-refractivity contribution in [3.05, 3.63) is 146 Å². The number of hydrogen-bond donors (Lipinski definition) is 0. The lowest BCUT2D eigenvalue weighted by atomic mass is 10.0. The maximum absolute atomic E-state index is 6.43. The van der Waals surface area contributed by atoms with Crippen molar-refractivity contribution in [1.29, 1.82) is 0 Å². The molecule has 0 radical (unpaired) electrons. The van der Waals surface area contributed by atoms with Gasteiger partial charge in [0.1, 0.15) is 16.7 Å². The van der Waals surface area contributed by atoms with Crippen LogP contribution in [0.3, 0.4) is 0 Å². The summed E-state index contributed by atoms with van der Waals surface area (Å²) in [5.41, 5.74) is 6.83. The molecule has 0 saturated carbocycles. The highest BCUT2D eigenvalue weighted by Gasteiger charge is 2.19. The molecule has 7 heteroatoms. The lowest BCUT2D eigenvalue weighted by molar-refractivity contribution is 0.619. The molecule has 238 valence electrons. The number of rotatable bonds is 4. The summed E-state index contributed by atoms with van der Waals surface area (Å²) in [7, 11) is 0. The number of thiophene rings is 1. The molecule has 0 amide bonds. The van der Waals surface area contributed by atoms with Crippen molar-refractivity contribution >= 4 is 75.3 Å². The quantitative estimate of drug-likeness (QED) is 0.185. The molecule has 0 saturated heterocycles. The lowest BCUT2D eigenvalue weighted by Gasteiger charge is -2.10. The first-order valence-electron chi connectivity index (χ1n) is 16.7. The molecule has 51 heavy (non-hydrogen) atoms. The average Bonchev–Trinajstić information content (AvgIpc) is 3.90. The monoisotopic (exact) mass is 672 g/mol. The molecule has 4 heterocycles. The molecule has 4 aromatic heterocycles. The summed E-state index contributed by atoms with van der Waals surface area (Å²) in [6, 6.07) is 49.5. The van der Waals surface area contributed by atoms with Gasteiger partial charge in [-0.05, 0) is 65.4 Å². The Morgan fingerprint density at radius 3 is 2.02 bits per heavy atom. The largest absolute Gasteiger partial charge is 0.456 e. The lowest BCUT2D eigenvalue weighted by Crippen LogP contribution is -2.00. The fourth-order valence-corrected chi connectivity index (χ4v) is 8.32. The summed E-state index contributed by atoms with van der Waals surface area (Å²) in [6.07, 6.45) is 0. The van der Waals surface area contributed by atoms with E-state index in [-0.39, 0.29) is 0 Å². The summed E-state index contributed by atoms with van der Waals surface area (Å²) >= 11 is 1.77. The van der Waals surface area contributed by atoms with Crippen LogP contribution in [0.2, 0.25) is 0 Å². The first-order valence-corrected chi connectivity index (χ1v) is 17.5. The van der Waals surface area contributed by atoms with Crippen LogP contribution < -0.4 is 0 Å². The number of furan rings is 1. The van der Waals surface area contributed by atoms with Gasteiger partial charge in [0.25, 0.3) is 0 Å². The molecule has 0 fully saturated rings. The fourth-order valence-electron chi connectivity index (χ4n) is 7.10. The highest BCUT2D eigenvalue weighted by atomic mass is 32.1. The average molecular weight is 673 g/mol. The Bertz CT molecular complexity index is 3150. The normalized spacial score (nSPS) is 11.9. The summed E-state index contributed by atoms with van der Waals surface area (Å²) in [5, 5.41) is 6.49. The SMILES string of the molecule is c1ccc(-c2nc(-c3ccc4cc5c(cc4c3)oc3ccc4oc(-c6ccccc6)nc4c35)nc(-c3cccc4c3sc3ccccc34)n2)cc1. The molecule has 0 N–H and O–H groups in total. The van der Waals surface area contributed by atoms with Gasteiger partial charge < -0.3 is 8.83 Å². The Morgan fingerprint density at radius 2 is 1.16 bits per heavy atom. The van der Waals surface area contributed by atoms with Crippen LogP contribution in [0.15, 0.2) is 154 Å². The topological polar surface area (TPSA) is 77.8 Å². The minimum Gasteiger partial charge on any atom is -0.456 e. The van der Waals surface area contributed by atoms with Gasteiger partial charge in [0.2, 0.25) is 5.89 Å². The second-order valence-electron chi connectivity index (χ2n) is 12.6. The highest BCUT2D eigenvalue weighted by Crippen LogP contribution is 2.41. The van der Waals surface area contributed by atoms with Gasteiger partial charge >= 0.3 is 0 Å². The van der Waals surface area contributed by atoms with E-state index in [0.29, 0.717) is 23.4 Å². The van der Waals surface area contributed by atoms with Crippen molar-refractivity contribution in [1.82, 2.24) is 19.9 Å². The second kappa shape index (κ2) is 10.9. The first kappa shape index (κ1) is 28.2. The van der Waals surface area contributed by atoms with Gasteiger partial charge in [-0.1, -0.05) is 91.0 Å². The van der Waals surface area contributed by atoms with E-state index in [2.05, 4.69) is 72.8 Å². The van der Waals surface area contributed by atoms with E-state index in [1.165, 1.54) is 15.5 Å². The summed E-state index contributed by atoms with van der Waals surface area (Å²) in [6.45, 7) is 0. The van der Waals surface area contributed by atoms with Crippen LogP contribution in [-0.4, -0.2) is 19.9 Å². The van der Waals surface area contributed by atoms with E-state index in [1.54, 1.807) is 11.3 Å². The van der Waals surface area contributed by atoms with Crippen LogP contribution in [0.1, 0.15) is 0 Å². The number of nitrogens with zero attached hydrogens (tertiary/aromatic N) is 4. The van der Waals surface area contributed by atoms with Crippen LogP contribution in [0, 0.1) is 0 Å². The van der Waals surface area contributed by atoms with Crippen molar-refractivity contribution in [3.8, 4) is 45.6 Å². The first-order chi connectivity index (χ1) is 25.2. The molecular weight excluding hydrogens is 649 g/mol. The summed E-state index contributed by atoms with van der Waals surface area (Å²) in [5.74, 6) is 2.48. The number of benzene rings is 7. The molecule has 11 rings (SSSR count). The molecule has 0 bridgehead atoms. The predicted octanol–water partition coefficient (Wildman–Crippen LogP) is 12.1.